The molecule has 1 saturated carbocycles. The first-order chi connectivity index (χ1) is 9.93. The van der Waals surface area contributed by atoms with Gasteiger partial charge in [0.25, 0.3) is 0 Å². The molecule has 0 radical (unpaired) electrons. The van der Waals surface area contributed by atoms with Crippen LogP contribution in [-0.4, -0.2) is 25.9 Å². The Kier molecular flexibility index (Phi) is 3.74. The number of benzene rings is 1. The molecule has 1 atom stereocenters. The van der Waals surface area contributed by atoms with Crippen LogP contribution in [-0.2, 0) is 14.6 Å². The second-order valence-electron chi connectivity index (χ2n) is 6.42. The molecule has 1 aliphatic heterocycles. The molecular weight excluding hydrogens is 286 g/mol. The Balaban J connectivity index is 1.92. The smallest absolute Gasteiger partial charge is 0.181 e. The second-order valence-corrected chi connectivity index (χ2v) is 8.62. The molecule has 2 N–H and O–H groups in total. The third kappa shape index (κ3) is 2.69. The van der Waals surface area contributed by atoms with E-state index >= 15 is 0 Å². The fourth-order valence-electron chi connectivity index (χ4n) is 3.72. The molecule has 4 nitrogen and oxygen atoms in total. The fraction of sp³-hybridized carbons (Fsp3) is 0.625. The SMILES string of the molecule is Cc1ccc(N)cc1S(=O)(=O)C1CCOC2(CCCC2)C1. The molecule has 1 spiro atoms. The number of nitrogen functional groups attached to an aromatic ring is 1. The highest BCUT2D eigenvalue weighted by Gasteiger charge is 2.44. The van der Waals surface area contributed by atoms with Crippen LogP contribution in [0.3, 0.4) is 0 Å². The summed E-state index contributed by atoms with van der Waals surface area (Å²) in [6.45, 7) is 2.38. The van der Waals surface area contributed by atoms with Crippen molar-refractivity contribution in [3.8, 4) is 0 Å². The lowest BCUT2D eigenvalue weighted by Gasteiger charge is -2.38. The van der Waals surface area contributed by atoms with Crippen LogP contribution in [0, 0.1) is 6.92 Å². The highest BCUT2D eigenvalue weighted by molar-refractivity contribution is 7.92. The van der Waals surface area contributed by atoms with Crippen LogP contribution in [0.1, 0.15) is 44.1 Å². The topological polar surface area (TPSA) is 69.4 Å². The van der Waals surface area contributed by atoms with Crippen molar-refractivity contribution in [2.24, 2.45) is 0 Å². The van der Waals surface area contributed by atoms with Crippen LogP contribution < -0.4 is 5.73 Å². The molecule has 0 bridgehead atoms. The Hall–Kier alpha value is -1.07. The fourth-order valence-corrected chi connectivity index (χ4v) is 5.82. The first kappa shape index (κ1) is 14.9. The van der Waals surface area contributed by atoms with Crippen molar-refractivity contribution >= 4 is 15.5 Å². The summed E-state index contributed by atoms with van der Waals surface area (Å²) in [6, 6.07) is 5.13. The Morgan fingerprint density at radius 1 is 1.29 bits per heavy atom. The van der Waals surface area contributed by atoms with Crippen LogP contribution in [0.15, 0.2) is 23.1 Å². The molecule has 21 heavy (non-hydrogen) atoms. The van der Waals surface area contributed by atoms with Crippen LogP contribution >= 0.6 is 0 Å². The van der Waals surface area contributed by atoms with E-state index in [0.717, 1.165) is 31.2 Å². The molecule has 2 aliphatic rings. The molecule has 1 aromatic rings. The van der Waals surface area contributed by atoms with Crippen molar-refractivity contribution in [2.75, 3.05) is 12.3 Å². The predicted octanol–water partition coefficient (Wildman–Crippen LogP) is 2.84. The largest absolute Gasteiger partial charge is 0.399 e. The van der Waals surface area contributed by atoms with E-state index in [1.165, 1.54) is 0 Å². The molecule has 3 rings (SSSR count). The van der Waals surface area contributed by atoms with Crippen molar-refractivity contribution < 1.29 is 13.2 Å². The number of hydrogen-bond acceptors (Lipinski definition) is 4. The zero-order chi connectivity index (χ0) is 15.1. The maximum absolute atomic E-state index is 13.0. The summed E-state index contributed by atoms with van der Waals surface area (Å²) < 4.78 is 31.9. The van der Waals surface area contributed by atoms with Gasteiger partial charge in [0, 0.05) is 12.3 Å². The van der Waals surface area contributed by atoms with E-state index in [1.807, 2.05) is 6.92 Å². The number of rotatable bonds is 2. The Morgan fingerprint density at radius 2 is 2.00 bits per heavy atom. The van der Waals surface area contributed by atoms with E-state index in [2.05, 4.69) is 0 Å². The summed E-state index contributed by atoms with van der Waals surface area (Å²) in [7, 11) is -3.34. The van der Waals surface area contributed by atoms with Gasteiger partial charge >= 0.3 is 0 Å². The summed E-state index contributed by atoms with van der Waals surface area (Å²) in [4.78, 5) is 0.391. The van der Waals surface area contributed by atoms with Crippen LogP contribution in [0.2, 0.25) is 0 Å². The zero-order valence-electron chi connectivity index (χ0n) is 12.5. The third-order valence-corrected chi connectivity index (χ3v) is 7.25. The van der Waals surface area contributed by atoms with Gasteiger partial charge in [0.2, 0.25) is 0 Å². The van der Waals surface area contributed by atoms with E-state index in [-0.39, 0.29) is 10.9 Å². The minimum absolute atomic E-state index is 0.190. The quantitative estimate of drug-likeness (QED) is 0.853. The molecule has 2 fully saturated rings. The van der Waals surface area contributed by atoms with E-state index in [4.69, 9.17) is 10.5 Å². The van der Waals surface area contributed by atoms with Gasteiger partial charge in [-0.25, -0.2) is 8.42 Å². The van der Waals surface area contributed by atoms with Gasteiger partial charge in [-0.15, -0.1) is 0 Å². The minimum atomic E-state index is -3.34. The van der Waals surface area contributed by atoms with E-state index in [0.29, 0.717) is 30.0 Å². The normalized spacial score (nSPS) is 25.3. The average Bonchev–Trinajstić information content (AvgIpc) is 2.89. The van der Waals surface area contributed by atoms with Crippen LogP contribution in [0.25, 0.3) is 0 Å². The maximum Gasteiger partial charge on any atom is 0.181 e. The highest BCUT2D eigenvalue weighted by Crippen LogP contribution is 2.43. The highest BCUT2D eigenvalue weighted by atomic mass is 32.2. The molecule has 0 aromatic heterocycles. The summed E-state index contributed by atoms with van der Waals surface area (Å²) in [5, 5.41) is -0.343. The predicted molar refractivity (Wildman–Crippen MR) is 83.0 cm³/mol. The number of ether oxygens (including phenoxy) is 1. The molecule has 1 aliphatic carbocycles. The van der Waals surface area contributed by atoms with Gasteiger partial charge in [-0.2, -0.15) is 0 Å². The third-order valence-electron chi connectivity index (χ3n) is 4.92. The molecule has 1 unspecified atom stereocenters. The lowest BCUT2D eigenvalue weighted by molar-refractivity contribution is -0.0713. The first-order valence-electron chi connectivity index (χ1n) is 7.67. The Bertz CT molecular complexity index is 633. The van der Waals surface area contributed by atoms with Gasteiger partial charge in [-0.05, 0) is 50.3 Å². The van der Waals surface area contributed by atoms with Gasteiger partial charge in [0.15, 0.2) is 9.84 Å². The van der Waals surface area contributed by atoms with Crippen molar-refractivity contribution in [1.82, 2.24) is 0 Å². The van der Waals surface area contributed by atoms with E-state index < -0.39 is 9.84 Å². The van der Waals surface area contributed by atoms with Gasteiger partial charge in [0.05, 0.1) is 15.7 Å². The standard InChI is InChI=1S/C16H23NO3S/c1-12-4-5-13(17)10-15(12)21(18,19)14-6-9-20-16(11-14)7-2-3-8-16/h4-5,10,14H,2-3,6-9,11,17H2,1H3. The van der Waals surface area contributed by atoms with Gasteiger partial charge in [0.1, 0.15) is 0 Å². The number of aryl methyl sites for hydroxylation is 1. The van der Waals surface area contributed by atoms with Crippen molar-refractivity contribution in [1.29, 1.82) is 0 Å². The number of sulfone groups is 1. The van der Waals surface area contributed by atoms with Gasteiger partial charge in [-0.1, -0.05) is 18.9 Å². The Labute approximate surface area is 126 Å². The van der Waals surface area contributed by atoms with E-state index in [1.54, 1.807) is 18.2 Å². The number of hydrogen-bond donors (Lipinski definition) is 1. The molecule has 116 valence electrons. The summed E-state index contributed by atoms with van der Waals surface area (Å²) in [5.41, 5.74) is 6.87. The van der Waals surface area contributed by atoms with Crippen molar-refractivity contribution in [2.45, 2.75) is 61.2 Å². The molecule has 1 aromatic carbocycles. The number of anilines is 1. The maximum atomic E-state index is 13.0. The molecular formula is C16H23NO3S. The lowest BCUT2D eigenvalue weighted by Crippen LogP contribution is -2.42. The molecule has 5 heteroatoms. The number of nitrogens with two attached hydrogens (primary N) is 1. The van der Waals surface area contributed by atoms with Gasteiger partial charge in [-0.3, -0.25) is 0 Å². The zero-order valence-corrected chi connectivity index (χ0v) is 13.3. The summed E-state index contributed by atoms with van der Waals surface area (Å²) in [5.74, 6) is 0. The molecule has 0 amide bonds. The lowest BCUT2D eigenvalue weighted by atomic mass is 9.92. The van der Waals surface area contributed by atoms with E-state index in [9.17, 15) is 8.42 Å². The minimum Gasteiger partial charge on any atom is -0.399 e. The van der Waals surface area contributed by atoms with Gasteiger partial charge < -0.3 is 10.5 Å². The Morgan fingerprint density at radius 3 is 2.71 bits per heavy atom. The summed E-state index contributed by atoms with van der Waals surface area (Å²) in [6.07, 6.45) is 5.49. The molecule has 1 heterocycles. The average molecular weight is 309 g/mol. The molecule has 1 saturated heterocycles. The monoisotopic (exact) mass is 309 g/mol. The van der Waals surface area contributed by atoms with Crippen molar-refractivity contribution in [3.05, 3.63) is 23.8 Å². The second kappa shape index (κ2) is 5.29. The summed E-state index contributed by atoms with van der Waals surface area (Å²) >= 11 is 0. The van der Waals surface area contributed by atoms with Crippen LogP contribution in [0.4, 0.5) is 5.69 Å². The van der Waals surface area contributed by atoms with Crippen LogP contribution in [0.5, 0.6) is 0 Å². The first-order valence-corrected chi connectivity index (χ1v) is 9.22. The van der Waals surface area contributed by atoms with Crippen molar-refractivity contribution in [3.63, 3.8) is 0 Å².